The van der Waals surface area contributed by atoms with Gasteiger partial charge < -0.3 is 14.6 Å². The highest BCUT2D eigenvalue weighted by Gasteiger charge is 2.34. The van der Waals surface area contributed by atoms with Crippen LogP contribution in [0.2, 0.25) is 10.0 Å². The van der Waals surface area contributed by atoms with Gasteiger partial charge in [0.25, 0.3) is 0 Å². The summed E-state index contributed by atoms with van der Waals surface area (Å²) in [6, 6.07) is 24.3. The summed E-state index contributed by atoms with van der Waals surface area (Å²) < 4.78 is 10.8. The molecule has 0 fully saturated rings. The van der Waals surface area contributed by atoms with Crippen molar-refractivity contribution in [2.24, 2.45) is 5.92 Å². The second kappa shape index (κ2) is 14.6. The first-order chi connectivity index (χ1) is 19.4. The number of halogens is 2. The van der Waals surface area contributed by atoms with Crippen molar-refractivity contribution < 1.29 is 24.2 Å². The number of hydrogen-bond acceptors (Lipinski definition) is 6. The molecule has 0 aliphatic carbocycles. The highest BCUT2D eigenvalue weighted by Crippen LogP contribution is 2.42. The zero-order chi connectivity index (χ0) is 28.5. The molecule has 40 heavy (non-hydrogen) atoms. The van der Waals surface area contributed by atoms with Crippen LogP contribution in [0.3, 0.4) is 0 Å². The summed E-state index contributed by atoms with van der Waals surface area (Å²) in [4.78, 5) is 27.2. The third-order valence-electron chi connectivity index (χ3n) is 7.13. The molecule has 1 aliphatic rings. The van der Waals surface area contributed by atoms with Crippen molar-refractivity contribution in [2.75, 3.05) is 27.1 Å². The maximum atomic E-state index is 12.9. The molecule has 3 aromatic rings. The van der Waals surface area contributed by atoms with Gasteiger partial charge in [-0.25, -0.2) is 0 Å². The lowest BCUT2D eigenvalue weighted by atomic mass is 9.87. The molecule has 0 spiro atoms. The van der Waals surface area contributed by atoms with Gasteiger partial charge in [0.15, 0.2) is 5.78 Å². The Hall–Kier alpha value is -3.00. The van der Waals surface area contributed by atoms with Gasteiger partial charge in [-0.1, -0.05) is 83.9 Å². The molecule has 3 aromatic carbocycles. The smallest absolute Gasteiger partial charge is 0.309 e. The van der Waals surface area contributed by atoms with Gasteiger partial charge in [-0.2, -0.15) is 0 Å². The number of aliphatic hydroxyl groups excluding tert-OH is 1. The fourth-order valence-corrected chi connectivity index (χ4v) is 5.56. The van der Waals surface area contributed by atoms with E-state index >= 15 is 0 Å². The van der Waals surface area contributed by atoms with Gasteiger partial charge in [0.05, 0.1) is 32.4 Å². The topological polar surface area (TPSA) is 76.1 Å². The number of carbonyl (C=O) groups excluding carboxylic acids is 2. The molecule has 2 unspecified atom stereocenters. The van der Waals surface area contributed by atoms with Crippen molar-refractivity contribution in [2.45, 2.75) is 31.3 Å². The largest absolute Gasteiger partial charge is 0.469 e. The minimum absolute atomic E-state index is 0.0275. The van der Waals surface area contributed by atoms with E-state index < -0.39 is 11.9 Å². The molecule has 4 rings (SSSR count). The van der Waals surface area contributed by atoms with E-state index in [0.29, 0.717) is 22.9 Å². The van der Waals surface area contributed by atoms with E-state index in [2.05, 4.69) is 6.08 Å². The monoisotopic (exact) mass is 581 g/mol. The summed E-state index contributed by atoms with van der Waals surface area (Å²) in [6.07, 6.45) is 3.19. The van der Waals surface area contributed by atoms with Crippen LogP contribution >= 0.6 is 23.2 Å². The first-order valence-electron chi connectivity index (χ1n) is 13.2. The Labute approximate surface area is 245 Å². The molecule has 0 bridgehead atoms. The summed E-state index contributed by atoms with van der Waals surface area (Å²) >= 11 is 12.4. The fourth-order valence-electron chi connectivity index (χ4n) is 5.24. The zero-order valence-corrected chi connectivity index (χ0v) is 23.9. The van der Waals surface area contributed by atoms with E-state index in [-0.39, 0.29) is 44.2 Å². The number of hydrogen-bond donors (Lipinski definition) is 1. The number of ketones is 1. The van der Waals surface area contributed by atoms with Crippen molar-refractivity contribution in [3.8, 4) is 0 Å². The normalized spacial score (nSPS) is 18.1. The summed E-state index contributed by atoms with van der Waals surface area (Å²) in [5.41, 5.74) is 3.82. The highest BCUT2D eigenvalue weighted by molar-refractivity contribution is 6.30. The molecule has 1 aliphatic heterocycles. The second-order valence-corrected chi connectivity index (χ2v) is 10.7. The predicted octanol–water partition coefficient (Wildman–Crippen LogP) is 6.37. The number of methoxy groups -OCH3 is 1. The van der Waals surface area contributed by atoms with Crippen LogP contribution in [0.15, 0.2) is 90.5 Å². The average Bonchev–Trinajstić information content (AvgIpc) is 2.97. The lowest BCUT2D eigenvalue weighted by Crippen LogP contribution is -2.38. The summed E-state index contributed by atoms with van der Waals surface area (Å²) in [7, 11) is 1.33. The van der Waals surface area contributed by atoms with Crippen LogP contribution in [0.25, 0.3) is 0 Å². The highest BCUT2D eigenvalue weighted by atomic mass is 35.5. The molecule has 0 amide bonds. The Balaban J connectivity index is 1.47. The number of aliphatic hydroxyl groups is 1. The predicted molar refractivity (Wildman–Crippen MR) is 156 cm³/mol. The number of esters is 1. The first kappa shape index (κ1) is 30.0. The second-order valence-electron chi connectivity index (χ2n) is 9.84. The number of nitrogens with zero attached hydrogens (tertiary/aromatic N) is 1. The molecule has 1 heterocycles. The Morgan fingerprint density at radius 3 is 2.40 bits per heavy atom. The van der Waals surface area contributed by atoms with Crippen LogP contribution < -0.4 is 0 Å². The van der Waals surface area contributed by atoms with Crippen molar-refractivity contribution >= 4 is 35.0 Å². The van der Waals surface area contributed by atoms with Gasteiger partial charge in [0.2, 0.25) is 0 Å². The first-order valence-corrected chi connectivity index (χ1v) is 13.9. The lowest BCUT2D eigenvalue weighted by molar-refractivity contribution is -0.147. The quantitative estimate of drug-likeness (QED) is 0.198. The molecule has 0 radical (unpaired) electrons. The SMILES string of the molecule is COC(=O)[C@@H](CC(=O)COCC1=CCC(c2ccc(Cl)cc2)N(CO)C1c1cccc(Cl)c1)Cc1ccccc1. The van der Waals surface area contributed by atoms with Crippen LogP contribution in [0.5, 0.6) is 0 Å². The van der Waals surface area contributed by atoms with Crippen LogP contribution in [0.1, 0.15) is 41.6 Å². The number of rotatable bonds is 12. The van der Waals surface area contributed by atoms with E-state index in [1.165, 1.54) is 7.11 Å². The minimum atomic E-state index is -0.582. The lowest BCUT2D eigenvalue weighted by Gasteiger charge is -2.41. The van der Waals surface area contributed by atoms with Crippen LogP contribution in [-0.4, -0.2) is 48.8 Å². The third kappa shape index (κ3) is 7.80. The minimum Gasteiger partial charge on any atom is -0.469 e. The third-order valence-corrected chi connectivity index (χ3v) is 7.62. The van der Waals surface area contributed by atoms with Gasteiger partial charge in [0, 0.05) is 22.5 Å². The maximum absolute atomic E-state index is 12.9. The van der Waals surface area contributed by atoms with E-state index in [1.54, 1.807) is 6.07 Å². The molecule has 3 atom stereocenters. The molecule has 0 aromatic heterocycles. The zero-order valence-electron chi connectivity index (χ0n) is 22.3. The molecular formula is C32H33Cl2NO5. The van der Waals surface area contributed by atoms with Gasteiger partial charge in [0.1, 0.15) is 6.61 Å². The summed E-state index contributed by atoms with van der Waals surface area (Å²) in [5, 5.41) is 11.7. The molecular weight excluding hydrogens is 549 g/mol. The molecule has 0 saturated heterocycles. The molecule has 6 nitrogen and oxygen atoms in total. The van der Waals surface area contributed by atoms with Crippen molar-refractivity contribution in [3.05, 3.63) is 117 Å². The van der Waals surface area contributed by atoms with E-state index in [4.69, 9.17) is 32.7 Å². The number of benzene rings is 3. The van der Waals surface area contributed by atoms with Gasteiger partial charge >= 0.3 is 5.97 Å². The average molecular weight is 583 g/mol. The van der Waals surface area contributed by atoms with Crippen LogP contribution in [-0.2, 0) is 25.5 Å². The standard InChI is InChI=1S/C32H33Cl2NO5/c1-39-32(38)26(16-22-6-3-2-4-7-22)18-29(37)20-40-19-25-12-15-30(23-10-13-27(33)14-11-23)35(21-36)31(25)24-8-5-9-28(34)17-24/h2-14,17,26,30-31,36H,15-16,18-21H2,1H3/t26-,30?,31?/m1/s1. The molecule has 8 heteroatoms. The van der Waals surface area contributed by atoms with Crippen LogP contribution in [0.4, 0.5) is 0 Å². The van der Waals surface area contributed by atoms with Gasteiger partial charge in [-0.3, -0.25) is 14.5 Å². The number of carbonyl (C=O) groups is 2. The van der Waals surface area contributed by atoms with E-state index in [1.807, 2.05) is 77.7 Å². The Morgan fingerprint density at radius 2 is 1.73 bits per heavy atom. The Kier molecular flexibility index (Phi) is 10.9. The number of Topliss-reactive ketones (excluding diaryl/α,β-unsaturated/α-hetero) is 1. The van der Waals surface area contributed by atoms with Crippen molar-refractivity contribution in [3.63, 3.8) is 0 Å². The fraction of sp³-hybridized carbons (Fsp3) is 0.312. The molecule has 0 saturated carbocycles. The van der Waals surface area contributed by atoms with Crippen molar-refractivity contribution in [1.29, 1.82) is 0 Å². The van der Waals surface area contributed by atoms with Crippen molar-refractivity contribution in [1.82, 2.24) is 4.90 Å². The maximum Gasteiger partial charge on any atom is 0.309 e. The Bertz CT molecular complexity index is 1310. The summed E-state index contributed by atoms with van der Waals surface area (Å²) in [6.45, 7) is -0.142. The number of ether oxygens (including phenoxy) is 2. The van der Waals surface area contributed by atoms with Crippen LogP contribution in [0, 0.1) is 5.92 Å². The molecule has 1 N–H and O–H groups in total. The van der Waals surface area contributed by atoms with Gasteiger partial charge in [-0.15, -0.1) is 0 Å². The van der Waals surface area contributed by atoms with Gasteiger partial charge in [-0.05, 0) is 59.4 Å². The summed E-state index contributed by atoms with van der Waals surface area (Å²) in [5.74, 6) is -1.18. The Morgan fingerprint density at radius 1 is 0.975 bits per heavy atom. The van der Waals surface area contributed by atoms with E-state index in [9.17, 15) is 14.7 Å². The van der Waals surface area contributed by atoms with E-state index in [0.717, 1.165) is 22.3 Å². The molecule has 210 valence electrons.